The Bertz CT molecular complexity index is 1040. The van der Waals surface area contributed by atoms with Crippen molar-refractivity contribution in [2.75, 3.05) is 20.4 Å². The summed E-state index contributed by atoms with van der Waals surface area (Å²) in [5.74, 6) is 0.757. The minimum Gasteiger partial charge on any atom is -0.496 e. The number of aryl methyl sites for hydroxylation is 1. The molecular formula is C21H17NO6S. The van der Waals surface area contributed by atoms with Gasteiger partial charge >= 0.3 is 0 Å². The minimum atomic E-state index is -0.514. The summed E-state index contributed by atoms with van der Waals surface area (Å²) in [5.41, 5.74) is 2.05. The molecule has 0 atom stereocenters. The Labute approximate surface area is 171 Å². The zero-order valence-electron chi connectivity index (χ0n) is 15.8. The summed E-state index contributed by atoms with van der Waals surface area (Å²) in [4.78, 5) is 38.7. The first-order valence-corrected chi connectivity index (χ1v) is 9.61. The first kappa shape index (κ1) is 19.1. The van der Waals surface area contributed by atoms with E-state index in [-0.39, 0.29) is 24.0 Å². The van der Waals surface area contributed by atoms with Gasteiger partial charge in [0.05, 0.1) is 18.6 Å². The van der Waals surface area contributed by atoms with E-state index in [1.54, 1.807) is 30.3 Å². The lowest BCUT2D eigenvalue weighted by atomic mass is 10.1. The zero-order chi connectivity index (χ0) is 20.5. The third-order valence-electron chi connectivity index (χ3n) is 4.56. The number of fused-ring (bicyclic) bond motifs is 1. The SMILES string of the molecule is COc1cc2c(cc1/C=C1\SC(=O)N(CC(=O)c3ccc(C)cc3)C1=O)OCO2. The molecule has 0 saturated carbocycles. The first-order chi connectivity index (χ1) is 14.0. The fraction of sp³-hybridized carbons (Fsp3) is 0.190. The predicted molar refractivity (Wildman–Crippen MR) is 107 cm³/mol. The van der Waals surface area contributed by atoms with Gasteiger partial charge in [0.25, 0.3) is 11.1 Å². The number of carbonyl (C=O) groups is 3. The van der Waals surface area contributed by atoms with Crippen molar-refractivity contribution in [3.8, 4) is 17.2 Å². The molecule has 0 bridgehead atoms. The van der Waals surface area contributed by atoms with Crippen molar-refractivity contribution < 1.29 is 28.6 Å². The topological polar surface area (TPSA) is 82.1 Å². The van der Waals surface area contributed by atoms with E-state index in [1.165, 1.54) is 7.11 Å². The van der Waals surface area contributed by atoms with Crippen LogP contribution >= 0.6 is 11.8 Å². The second-order valence-corrected chi connectivity index (χ2v) is 7.50. The van der Waals surface area contributed by atoms with Gasteiger partial charge in [-0.3, -0.25) is 19.3 Å². The molecular weight excluding hydrogens is 394 g/mol. The van der Waals surface area contributed by atoms with Crippen molar-refractivity contribution in [3.05, 3.63) is 58.0 Å². The van der Waals surface area contributed by atoms with E-state index in [2.05, 4.69) is 0 Å². The number of Topliss-reactive ketones (excluding diaryl/α,β-unsaturated/α-hetero) is 1. The van der Waals surface area contributed by atoms with Crippen molar-refractivity contribution in [3.63, 3.8) is 0 Å². The molecule has 2 aliphatic rings. The molecule has 4 rings (SSSR count). The number of imide groups is 1. The van der Waals surface area contributed by atoms with E-state index in [0.29, 0.717) is 28.4 Å². The van der Waals surface area contributed by atoms with Crippen LogP contribution in [0.5, 0.6) is 17.2 Å². The molecule has 0 spiro atoms. The Morgan fingerprint density at radius 2 is 1.86 bits per heavy atom. The zero-order valence-corrected chi connectivity index (χ0v) is 16.6. The molecule has 0 N–H and O–H groups in total. The number of thioether (sulfide) groups is 1. The van der Waals surface area contributed by atoms with Gasteiger partial charge in [-0.2, -0.15) is 0 Å². The molecule has 2 aromatic rings. The van der Waals surface area contributed by atoms with Crippen LogP contribution in [-0.4, -0.2) is 42.3 Å². The van der Waals surface area contributed by atoms with Gasteiger partial charge in [-0.1, -0.05) is 29.8 Å². The van der Waals surface area contributed by atoms with Gasteiger partial charge < -0.3 is 14.2 Å². The second kappa shape index (κ2) is 7.63. The highest BCUT2D eigenvalue weighted by molar-refractivity contribution is 8.18. The number of methoxy groups -OCH3 is 1. The van der Waals surface area contributed by atoms with Gasteiger partial charge in [-0.25, -0.2) is 0 Å². The van der Waals surface area contributed by atoms with Crippen LogP contribution in [0.3, 0.4) is 0 Å². The highest BCUT2D eigenvalue weighted by Crippen LogP contribution is 2.40. The maximum absolute atomic E-state index is 12.7. The number of rotatable bonds is 5. The van der Waals surface area contributed by atoms with Crippen molar-refractivity contribution in [1.29, 1.82) is 0 Å². The average molecular weight is 411 g/mol. The molecule has 7 nitrogen and oxygen atoms in total. The van der Waals surface area contributed by atoms with Crippen LogP contribution in [0.25, 0.3) is 6.08 Å². The number of carbonyl (C=O) groups excluding carboxylic acids is 3. The molecule has 8 heteroatoms. The Hall–Kier alpha value is -3.26. The fourth-order valence-electron chi connectivity index (χ4n) is 2.98. The van der Waals surface area contributed by atoms with Crippen molar-refractivity contribution in [2.45, 2.75) is 6.92 Å². The quantitative estimate of drug-likeness (QED) is 0.549. The summed E-state index contributed by atoms with van der Waals surface area (Å²) in [6.45, 7) is 1.73. The molecule has 0 radical (unpaired) electrons. The summed E-state index contributed by atoms with van der Waals surface area (Å²) < 4.78 is 16.0. The second-order valence-electron chi connectivity index (χ2n) is 6.50. The molecule has 1 fully saturated rings. The molecule has 148 valence electrons. The Morgan fingerprint density at radius 1 is 1.17 bits per heavy atom. The van der Waals surface area contributed by atoms with E-state index in [0.717, 1.165) is 22.2 Å². The van der Waals surface area contributed by atoms with Gasteiger partial charge in [0.15, 0.2) is 17.3 Å². The Balaban J connectivity index is 1.57. The van der Waals surface area contributed by atoms with Crippen molar-refractivity contribution in [1.82, 2.24) is 4.90 Å². The highest BCUT2D eigenvalue weighted by Gasteiger charge is 2.36. The molecule has 0 aromatic heterocycles. The molecule has 2 amide bonds. The van der Waals surface area contributed by atoms with Crippen LogP contribution in [0.4, 0.5) is 4.79 Å². The van der Waals surface area contributed by atoms with Crippen LogP contribution in [-0.2, 0) is 4.79 Å². The normalized spacial score (nSPS) is 16.6. The van der Waals surface area contributed by atoms with Crippen LogP contribution < -0.4 is 14.2 Å². The molecule has 2 aromatic carbocycles. The van der Waals surface area contributed by atoms with Gasteiger partial charge in [0.2, 0.25) is 6.79 Å². The van der Waals surface area contributed by atoms with E-state index < -0.39 is 11.1 Å². The minimum absolute atomic E-state index is 0.111. The maximum Gasteiger partial charge on any atom is 0.293 e. The van der Waals surface area contributed by atoms with Crippen LogP contribution in [0, 0.1) is 6.92 Å². The predicted octanol–water partition coefficient (Wildman–Crippen LogP) is 3.65. The molecule has 2 aliphatic heterocycles. The van der Waals surface area contributed by atoms with E-state index >= 15 is 0 Å². The summed E-state index contributed by atoms with van der Waals surface area (Å²) in [6.07, 6.45) is 1.56. The van der Waals surface area contributed by atoms with Gasteiger partial charge in [-0.15, -0.1) is 0 Å². The lowest BCUT2D eigenvalue weighted by molar-refractivity contribution is -0.122. The third kappa shape index (κ3) is 3.71. The fourth-order valence-corrected chi connectivity index (χ4v) is 3.81. The summed E-state index contributed by atoms with van der Waals surface area (Å²) in [7, 11) is 1.50. The van der Waals surface area contributed by atoms with E-state index in [4.69, 9.17) is 14.2 Å². The largest absolute Gasteiger partial charge is 0.496 e. The van der Waals surface area contributed by atoms with Crippen LogP contribution in [0.2, 0.25) is 0 Å². The smallest absolute Gasteiger partial charge is 0.293 e. The van der Waals surface area contributed by atoms with Crippen LogP contribution in [0.15, 0.2) is 41.3 Å². The standard InChI is InChI=1S/C21H17NO6S/c1-12-3-5-13(6-4-12)15(23)10-22-20(24)19(29-21(22)25)8-14-7-17-18(28-11-27-17)9-16(14)26-2/h3-9H,10-11H2,1-2H3/b19-8-. The Morgan fingerprint density at radius 3 is 2.55 bits per heavy atom. The monoisotopic (exact) mass is 411 g/mol. The van der Waals surface area contributed by atoms with Crippen molar-refractivity contribution in [2.24, 2.45) is 0 Å². The number of ether oxygens (including phenoxy) is 3. The number of hydrogen-bond acceptors (Lipinski definition) is 7. The highest BCUT2D eigenvalue weighted by atomic mass is 32.2. The van der Waals surface area contributed by atoms with E-state index in [1.807, 2.05) is 19.1 Å². The van der Waals surface area contributed by atoms with Crippen LogP contribution in [0.1, 0.15) is 21.5 Å². The number of nitrogens with zero attached hydrogens (tertiary/aromatic N) is 1. The average Bonchev–Trinajstić information content (AvgIpc) is 3.27. The molecule has 2 heterocycles. The summed E-state index contributed by atoms with van der Waals surface area (Å²) in [5, 5.41) is -0.485. The molecule has 0 unspecified atom stereocenters. The number of hydrogen-bond donors (Lipinski definition) is 0. The molecule has 29 heavy (non-hydrogen) atoms. The maximum atomic E-state index is 12.7. The Kier molecular flexibility index (Phi) is 5.02. The number of benzene rings is 2. The van der Waals surface area contributed by atoms with Gasteiger partial charge in [-0.05, 0) is 30.8 Å². The number of ketones is 1. The van der Waals surface area contributed by atoms with Crippen molar-refractivity contribution >= 4 is 34.8 Å². The lowest BCUT2D eigenvalue weighted by Crippen LogP contribution is -2.33. The third-order valence-corrected chi connectivity index (χ3v) is 5.47. The summed E-state index contributed by atoms with van der Waals surface area (Å²) in [6, 6.07) is 10.3. The molecule has 1 saturated heterocycles. The molecule has 0 aliphatic carbocycles. The number of amides is 2. The summed E-state index contributed by atoms with van der Waals surface area (Å²) >= 11 is 0.787. The first-order valence-electron chi connectivity index (χ1n) is 8.79. The van der Waals surface area contributed by atoms with E-state index in [9.17, 15) is 14.4 Å². The van der Waals surface area contributed by atoms with Gasteiger partial charge in [0.1, 0.15) is 5.75 Å². The lowest BCUT2D eigenvalue weighted by Gasteiger charge is -2.11. The van der Waals surface area contributed by atoms with Gasteiger partial charge in [0, 0.05) is 17.2 Å².